The van der Waals surface area contributed by atoms with Gasteiger partial charge in [0.15, 0.2) is 0 Å². The Morgan fingerprint density at radius 2 is 1.80 bits per heavy atom. The zero-order chi connectivity index (χ0) is 14.1. The summed E-state index contributed by atoms with van der Waals surface area (Å²) >= 11 is 0. The van der Waals surface area contributed by atoms with Crippen LogP contribution in [0.3, 0.4) is 0 Å². The number of nitrogens with two attached hydrogens (primary N) is 1. The van der Waals surface area contributed by atoms with Crippen LogP contribution in [0.5, 0.6) is 0 Å². The number of methoxy groups -OCH3 is 2. The molecule has 1 fully saturated rings. The molecule has 5 nitrogen and oxygen atoms in total. The van der Waals surface area contributed by atoms with Crippen LogP contribution in [0.15, 0.2) is 30.5 Å². The van der Waals surface area contributed by atoms with Crippen molar-refractivity contribution < 1.29 is 9.47 Å². The van der Waals surface area contributed by atoms with E-state index in [-0.39, 0.29) is 12.2 Å². The van der Waals surface area contributed by atoms with Crippen molar-refractivity contribution in [3.05, 3.63) is 30.5 Å². The van der Waals surface area contributed by atoms with Crippen LogP contribution in [0.2, 0.25) is 0 Å². The van der Waals surface area contributed by atoms with Gasteiger partial charge >= 0.3 is 0 Å². The van der Waals surface area contributed by atoms with Gasteiger partial charge in [-0.1, -0.05) is 18.2 Å². The van der Waals surface area contributed by atoms with Crippen molar-refractivity contribution in [2.75, 3.05) is 37.9 Å². The van der Waals surface area contributed by atoms with E-state index in [0.29, 0.717) is 5.69 Å². The third kappa shape index (κ3) is 2.09. The van der Waals surface area contributed by atoms with Crippen molar-refractivity contribution in [2.45, 2.75) is 12.2 Å². The molecular weight excluding hydrogens is 254 g/mol. The summed E-state index contributed by atoms with van der Waals surface area (Å²) in [6, 6.07) is 8.03. The van der Waals surface area contributed by atoms with Gasteiger partial charge in [-0.2, -0.15) is 0 Å². The molecule has 2 N–H and O–H groups in total. The van der Waals surface area contributed by atoms with Crippen molar-refractivity contribution in [3.8, 4) is 0 Å². The lowest BCUT2D eigenvalue weighted by Gasteiger charge is -2.21. The molecule has 0 bridgehead atoms. The second-order valence-corrected chi connectivity index (χ2v) is 5.03. The highest BCUT2D eigenvalue weighted by Gasteiger charge is 2.34. The SMILES string of the molecule is COC1CN(c2c(N)cnc3ccccc23)CC1OC. The first kappa shape index (κ1) is 13.1. The first-order chi connectivity index (χ1) is 9.74. The van der Waals surface area contributed by atoms with E-state index in [4.69, 9.17) is 15.2 Å². The fourth-order valence-electron chi connectivity index (χ4n) is 2.87. The number of nitrogen functional groups attached to an aromatic ring is 1. The van der Waals surface area contributed by atoms with Gasteiger partial charge in [0, 0.05) is 32.7 Å². The summed E-state index contributed by atoms with van der Waals surface area (Å²) in [5, 5.41) is 1.07. The standard InChI is InChI=1S/C15H19N3O2/c1-19-13-8-18(9-14(13)20-2)15-10-5-3-4-6-12(10)17-7-11(15)16/h3-7,13-14H,8-9,16H2,1-2H3. The Bertz CT molecular complexity index is 605. The summed E-state index contributed by atoms with van der Waals surface area (Å²) in [7, 11) is 3.43. The molecule has 1 aliphatic heterocycles. The molecule has 2 aromatic rings. The Morgan fingerprint density at radius 1 is 1.15 bits per heavy atom. The Hall–Kier alpha value is -1.85. The largest absolute Gasteiger partial charge is 0.396 e. The van der Waals surface area contributed by atoms with Gasteiger partial charge < -0.3 is 20.1 Å². The zero-order valence-corrected chi connectivity index (χ0v) is 11.7. The van der Waals surface area contributed by atoms with Gasteiger partial charge in [0.25, 0.3) is 0 Å². The molecule has 20 heavy (non-hydrogen) atoms. The molecule has 1 saturated heterocycles. The fraction of sp³-hybridized carbons (Fsp3) is 0.400. The van der Waals surface area contributed by atoms with E-state index in [0.717, 1.165) is 29.7 Å². The number of hydrogen-bond donors (Lipinski definition) is 1. The first-order valence-electron chi connectivity index (χ1n) is 6.68. The number of ether oxygens (including phenoxy) is 2. The minimum atomic E-state index is 0.0614. The van der Waals surface area contributed by atoms with E-state index in [2.05, 4.69) is 16.0 Å². The molecule has 2 unspecified atom stereocenters. The Balaban J connectivity index is 2.04. The average molecular weight is 273 g/mol. The highest BCUT2D eigenvalue weighted by atomic mass is 16.5. The van der Waals surface area contributed by atoms with E-state index >= 15 is 0 Å². The number of benzene rings is 1. The van der Waals surface area contributed by atoms with Crippen molar-refractivity contribution >= 4 is 22.3 Å². The molecule has 3 rings (SSSR count). The molecule has 2 atom stereocenters. The maximum Gasteiger partial charge on any atom is 0.102 e. The average Bonchev–Trinajstić information content (AvgIpc) is 2.90. The summed E-state index contributed by atoms with van der Waals surface area (Å²) in [4.78, 5) is 6.60. The first-order valence-corrected chi connectivity index (χ1v) is 6.68. The van der Waals surface area contributed by atoms with Crippen LogP contribution in [0, 0.1) is 0 Å². The van der Waals surface area contributed by atoms with Gasteiger partial charge in [0.05, 0.1) is 23.1 Å². The lowest BCUT2D eigenvalue weighted by atomic mass is 10.1. The summed E-state index contributed by atoms with van der Waals surface area (Å²) in [5.41, 5.74) is 8.82. The Kier molecular flexibility index (Phi) is 3.46. The molecule has 2 heterocycles. The smallest absolute Gasteiger partial charge is 0.102 e. The number of para-hydroxylation sites is 1. The summed E-state index contributed by atoms with van der Waals surface area (Å²) in [6.07, 6.45) is 1.84. The van der Waals surface area contributed by atoms with Crippen molar-refractivity contribution in [3.63, 3.8) is 0 Å². The van der Waals surface area contributed by atoms with Gasteiger partial charge in [0.1, 0.15) is 12.2 Å². The molecule has 5 heteroatoms. The molecule has 0 spiro atoms. The van der Waals surface area contributed by atoms with E-state index in [1.54, 1.807) is 20.4 Å². The molecule has 1 aliphatic rings. The normalized spacial score (nSPS) is 22.6. The maximum absolute atomic E-state index is 6.15. The molecule has 1 aromatic heterocycles. The lowest BCUT2D eigenvalue weighted by molar-refractivity contribution is -0.00461. The van der Waals surface area contributed by atoms with E-state index in [9.17, 15) is 0 Å². The van der Waals surface area contributed by atoms with Gasteiger partial charge in [0.2, 0.25) is 0 Å². The van der Waals surface area contributed by atoms with Crippen LogP contribution in [0.1, 0.15) is 0 Å². The predicted molar refractivity (Wildman–Crippen MR) is 80.0 cm³/mol. The van der Waals surface area contributed by atoms with Crippen molar-refractivity contribution in [1.82, 2.24) is 4.98 Å². The number of fused-ring (bicyclic) bond motifs is 1. The second kappa shape index (κ2) is 5.26. The fourth-order valence-corrected chi connectivity index (χ4v) is 2.87. The van der Waals surface area contributed by atoms with Crippen LogP contribution < -0.4 is 10.6 Å². The van der Waals surface area contributed by atoms with E-state index in [1.165, 1.54) is 0 Å². The zero-order valence-electron chi connectivity index (χ0n) is 11.7. The summed E-state index contributed by atoms with van der Waals surface area (Å²) in [5.74, 6) is 0. The van der Waals surface area contributed by atoms with Gasteiger partial charge in [-0.15, -0.1) is 0 Å². The third-order valence-corrected chi connectivity index (χ3v) is 3.91. The predicted octanol–water partition coefficient (Wildman–Crippen LogP) is 1.67. The minimum Gasteiger partial charge on any atom is -0.396 e. The molecule has 1 aromatic carbocycles. The quantitative estimate of drug-likeness (QED) is 0.921. The second-order valence-electron chi connectivity index (χ2n) is 5.03. The Morgan fingerprint density at radius 3 is 2.45 bits per heavy atom. The summed E-state index contributed by atoms with van der Waals surface area (Å²) in [6.45, 7) is 1.54. The van der Waals surface area contributed by atoms with Gasteiger partial charge in [-0.25, -0.2) is 0 Å². The molecule has 0 amide bonds. The van der Waals surface area contributed by atoms with E-state index < -0.39 is 0 Å². The molecular formula is C15H19N3O2. The van der Waals surface area contributed by atoms with E-state index in [1.807, 2.05) is 18.2 Å². The number of anilines is 2. The van der Waals surface area contributed by atoms with Gasteiger partial charge in [-0.05, 0) is 6.07 Å². The third-order valence-electron chi connectivity index (χ3n) is 3.91. The number of aromatic nitrogens is 1. The number of pyridine rings is 1. The molecule has 0 aliphatic carbocycles. The number of hydrogen-bond acceptors (Lipinski definition) is 5. The highest BCUT2D eigenvalue weighted by molar-refractivity contribution is 5.97. The van der Waals surface area contributed by atoms with Crippen LogP contribution in [-0.2, 0) is 9.47 Å². The molecule has 0 radical (unpaired) electrons. The van der Waals surface area contributed by atoms with Crippen LogP contribution in [0.4, 0.5) is 11.4 Å². The van der Waals surface area contributed by atoms with Crippen LogP contribution in [0.25, 0.3) is 10.9 Å². The number of rotatable bonds is 3. The Labute approximate surface area is 118 Å². The van der Waals surface area contributed by atoms with Crippen LogP contribution >= 0.6 is 0 Å². The lowest BCUT2D eigenvalue weighted by Crippen LogP contribution is -2.27. The minimum absolute atomic E-state index is 0.0614. The van der Waals surface area contributed by atoms with Crippen molar-refractivity contribution in [2.24, 2.45) is 0 Å². The van der Waals surface area contributed by atoms with Gasteiger partial charge in [-0.3, -0.25) is 4.98 Å². The monoisotopic (exact) mass is 273 g/mol. The maximum atomic E-state index is 6.15. The van der Waals surface area contributed by atoms with Crippen LogP contribution in [-0.4, -0.2) is 44.5 Å². The number of nitrogens with zero attached hydrogens (tertiary/aromatic N) is 2. The topological polar surface area (TPSA) is 60.6 Å². The highest BCUT2D eigenvalue weighted by Crippen LogP contribution is 2.34. The molecule has 0 saturated carbocycles. The summed E-state index contributed by atoms with van der Waals surface area (Å²) < 4.78 is 11.0. The molecule has 106 valence electrons. The van der Waals surface area contributed by atoms with Crippen molar-refractivity contribution in [1.29, 1.82) is 0 Å².